The molecule has 2 heterocycles. The van der Waals surface area contributed by atoms with Gasteiger partial charge < -0.3 is 0 Å². The topological polar surface area (TPSA) is 50.7 Å². The van der Waals surface area contributed by atoms with Crippen LogP contribution in [0.25, 0.3) is 21.8 Å². The van der Waals surface area contributed by atoms with Gasteiger partial charge in [0.25, 0.3) is 5.56 Å². The third-order valence-electron chi connectivity index (χ3n) is 3.37. The molecule has 0 aliphatic rings. The first-order valence-electron chi connectivity index (χ1n) is 6.06. The van der Waals surface area contributed by atoms with Crippen molar-refractivity contribution < 1.29 is 0 Å². The number of nitrogens with one attached hydrogen (secondary N) is 1. The zero-order valence-corrected chi connectivity index (χ0v) is 10.7. The number of aryl methyl sites for hydroxylation is 1. The minimum Gasteiger partial charge on any atom is -0.294 e. The Bertz CT molecular complexity index is 796. The Labute approximate surface area is 104 Å². The van der Waals surface area contributed by atoms with Crippen molar-refractivity contribution in [3.05, 3.63) is 40.3 Å². The molecule has 0 fully saturated rings. The lowest BCUT2D eigenvalue weighted by Crippen LogP contribution is -2.11. The van der Waals surface area contributed by atoms with Gasteiger partial charge in [0, 0.05) is 18.6 Å². The highest BCUT2D eigenvalue weighted by Crippen LogP contribution is 2.27. The summed E-state index contributed by atoms with van der Waals surface area (Å²) in [7, 11) is 1.72. The fourth-order valence-corrected chi connectivity index (χ4v) is 2.39. The van der Waals surface area contributed by atoms with Crippen molar-refractivity contribution in [3.63, 3.8) is 0 Å². The number of rotatable bonds is 1. The summed E-state index contributed by atoms with van der Waals surface area (Å²) >= 11 is 0. The molecule has 0 atom stereocenters. The van der Waals surface area contributed by atoms with Crippen molar-refractivity contribution >= 4 is 21.8 Å². The van der Waals surface area contributed by atoms with Crippen LogP contribution >= 0.6 is 0 Å². The monoisotopic (exact) mass is 241 g/mol. The third-order valence-corrected chi connectivity index (χ3v) is 3.37. The van der Waals surface area contributed by atoms with Crippen LogP contribution in [0.4, 0.5) is 0 Å². The van der Waals surface area contributed by atoms with Gasteiger partial charge in [-0.25, -0.2) is 0 Å². The molecule has 0 saturated heterocycles. The van der Waals surface area contributed by atoms with Crippen molar-refractivity contribution in [1.29, 1.82) is 0 Å². The average molecular weight is 241 g/mol. The molecule has 0 aliphatic carbocycles. The van der Waals surface area contributed by atoms with Gasteiger partial charge >= 0.3 is 0 Å². The van der Waals surface area contributed by atoms with E-state index in [0.29, 0.717) is 11.3 Å². The summed E-state index contributed by atoms with van der Waals surface area (Å²) in [6.45, 7) is 4.29. The van der Waals surface area contributed by atoms with Crippen molar-refractivity contribution in [3.8, 4) is 0 Å². The molecule has 4 heteroatoms. The highest BCUT2D eigenvalue weighted by molar-refractivity contribution is 6.03. The van der Waals surface area contributed by atoms with Crippen molar-refractivity contribution in [2.24, 2.45) is 7.05 Å². The van der Waals surface area contributed by atoms with Gasteiger partial charge in [-0.2, -0.15) is 0 Å². The summed E-state index contributed by atoms with van der Waals surface area (Å²) in [6.07, 6.45) is 1.67. The van der Waals surface area contributed by atoms with E-state index in [-0.39, 0.29) is 5.56 Å². The van der Waals surface area contributed by atoms with E-state index in [9.17, 15) is 4.79 Å². The van der Waals surface area contributed by atoms with Crippen LogP contribution in [0, 0.1) is 0 Å². The molecule has 92 valence electrons. The Kier molecular flexibility index (Phi) is 2.26. The molecule has 0 amide bonds. The summed E-state index contributed by atoms with van der Waals surface area (Å²) in [5.41, 5.74) is 3.02. The number of hydrogen-bond donors (Lipinski definition) is 1. The highest BCUT2D eigenvalue weighted by atomic mass is 16.1. The number of benzene rings is 1. The van der Waals surface area contributed by atoms with Gasteiger partial charge in [0.2, 0.25) is 0 Å². The predicted octanol–water partition coefficient (Wildman–Crippen LogP) is 2.54. The zero-order valence-electron chi connectivity index (χ0n) is 10.7. The van der Waals surface area contributed by atoms with E-state index in [2.05, 4.69) is 30.0 Å². The number of fused-ring (bicyclic) bond motifs is 3. The quantitative estimate of drug-likeness (QED) is 0.711. The highest BCUT2D eigenvalue weighted by Gasteiger charge is 2.12. The Morgan fingerprint density at radius 1 is 1.28 bits per heavy atom. The van der Waals surface area contributed by atoms with Crippen molar-refractivity contribution in [1.82, 2.24) is 14.8 Å². The molecule has 4 nitrogen and oxygen atoms in total. The molecular formula is C14H15N3O. The molecule has 2 aromatic heterocycles. The molecule has 0 aliphatic heterocycles. The summed E-state index contributed by atoms with van der Waals surface area (Å²) in [5.74, 6) is 0.411. The molecule has 0 spiro atoms. The smallest absolute Gasteiger partial charge is 0.275 e. The van der Waals surface area contributed by atoms with E-state index in [0.717, 1.165) is 16.4 Å². The van der Waals surface area contributed by atoms with Gasteiger partial charge in [-0.05, 0) is 11.5 Å². The normalized spacial score (nSPS) is 11.8. The van der Waals surface area contributed by atoms with E-state index in [1.165, 1.54) is 10.2 Å². The standard InChI is InChI=1S/C14H15N3O/c1-8(2)9-5-4-6-10-12(9)15-7-11-13(10)16-17(3)14(11)18/h4-8,16H,1-3H3. The van der Waals surface area contributed by atoms with Crippen LogP contribution in [0.1, 0.15) is 25.3 Å². The summed E-state index contributed by atoms with van der Waals surface area (Å²) in [5, 5.41) is 4.75. The molecule has 0 saturated carbocycles. The second-order valence-corrected chi connectivity index (χ2v) is 4.92. The molecule has 0 radical (unpaired) electrons. The number of nitrogens with zero attached hydrogens (tertiary/aromatic N) is 2. The largest absolute Gasteiger partial charge is 0.294 e. The van der Waals surface area contributed by atoms with Gasteiger partial charge in [0.1, 0.15) is 0 Å². The van der Waals surface area contributed by atoms with Gasteiger partial charge in [0.05, 0.1) is 16.4 Å². The minimum absolute atomic E-state index is 0.0330. The summed E-state index contributed by atoms with van der Waals surface area (Å²) < 4.78 is 1.49. The van der Waals surface area contributed by atoms with E-state index < -0.39 is 0 Å². The van der Waals surface area contributed by atoms with Crippen LogP contribution in [0.5, 0.6) is 0 Å². The maximum atomic E-state index is 11.9. The van der Waals surface area contributed by atoms with Crippen LogP contribution in [0.2, 0.25) is 0 Å². The van der Waals surface area contributed by atoms with Crippen LogP contribution in [0.15, 0.2) is 29.2 Å². The van der Waals surface area contributed by atoms with Crippen LogP contribution in [-0.4, -0.2) is 14.8 Å². The average Bonchev–Trinajstić information content (AvgIpc) is 2.65. The van der Waals surface area contributed by atoms with E-state index in [1.807, 2.05) is 12.1 Å². The SMILES string of the molecule is CC(C)c1cccc2c1ncc1c(=O)n(C)[nH]c12. The Hall–Kier alpha value is -2.10. The van der Waals surface area contributed by atoms with Gasteiger partial charge in [0.15, 0.2) is 0 Å². The predicted molar refractivity (Wildman–Crippen MR) is 72.9 cm³/mol. The second kappa shape index (κ2) is 3.70. The molecular weight excluding hydrogens is 226 g/mol. The molecule has 1 N–H and O–H groups in total. The molecule has 3 aromatic rings. The number of aromatic nitrogens is 3. The van der Waals surface area contributed by atoms with Crippen LogP contribution in [0.3, 0.4) is 0 Å². The van der Waals surface area contributed by atoms with E-state index in [4.69, 9.17) is 0 Å². The van der Waals surface area contributed by atoms with Crippen LogP contribution < -0.4 is 5.56 Å². The molecule has 18 heavy (non-hydrogen) atoms. The Morgan fingerprint density at radius 3 is 2.78 bits per heavy atom. The first kappa shape index (κ1) is 11.0. The molecule has 0 unspecified atom stereocenters. The lowest BCUT2D eigenvalue weighted by Gasteiger charge is -2.08. The van der Waals surface area contributed by atoms with Crippen molar-refractivity contribution in [2.45, 2.75) is 19.8 Å². The zero-order chi connectivity index (χ0) is 12.9. The molecule has 0 bridgehead atoms. The number of para-hydroxylation sites is 1. The van der Waals surface area contributed by atoms with Crippen molar-refractivity contribution in [2.75, 3.05) is 0 Å². The first-order valence-corrected chi connectivity index (χ1v) is 6.06. The van der Waals surface area contributed by atoms with E-state index >= 15 is 0 Å². The number of pyridine rings is 1. The van der Waals surface area contributed by atoms with Gasteiger partial charge in [-0.15, -0.1) is 0 Å². The van der Waals surface area contributed by atoms with Gasteiger partial charge in [-0.3, -0.25) is 19.6 Å². The Morgan fingerprint density at radius 2 is 2.06 bits per heavy atom. The Balaban J connectivity index is 2.53. The maximum Gasteiger partial charge on any atom is 0.275 e. The van der Waals surface area contributed by atoms with E-state index in [1.54, 1.807) is 13.2 Å². The number of H-pyrrole nitrogens is 1. The first-order chi connectivity index (χ1) is 8.59. The maximum absolute atomic E-state index is 11.9. The number of aromatic amines is 1. The molecule has 1 aromatic carbocycles. The summed E-state index contributed by atoms with van der Waals surface area (Å²) in [4.78, 5) is 16.4. The third kappa shape index (κ3) is 1.38. The van der Waals surface area contributed by atoms with Gasteiger partial charge in [-0.1, -0.05) is 32.0 Å². The minimum atomic E-state index is -0.0330. The second-order valence-electron chi connectivity index (χ2n) is 4.92. The lowest BCUT2D eigenvalue weighted by atomic mass is 9.99. The summed E-state index contributed by atoms with van der Waals surface area (Å²) in [6, 6.07) is 6.11. The van der Waals surface area contributed by atoms with Crippen LogP contribution in [-0.2, 0) is 7.05 Å². The fraction of sp³-hybridized carbons (Fsp3) is 0.286. The number of hydrogen-bond acceptors (Lipinski definition) is 2. The molecule has 3 rings (SSSR count). The lowest BCUT2D eigenvalue weighted by molar-refractivity contribution is 0.751. The fourth-order valence-electron chi connectivity index (χ4n) is 2.39.